The molecule has 1 aliphatic heterocycles. The number of hydrogen-bond donors (Lipinski definition) is 0. The second-order valence-electron chi connectivity index (χ2n) is 7.18. The molecule has 1 aromatic heterocycles. The van der Waals surface area contributed by atoms with Gasteiger partial charge < -0.3 is 14.2 Å². The number of para-hydroxylation sites is 3. The van der Waals surface area contributed by atoms with E-state index >= 15 is 0 Å². The summed E-state index contributed by atoms with van der Waals surface area (Å²) in [5.41, 5.74) is 1.57. The zero-order chi connectivity index (χ0) is 21.9. The lowest BCUT2D eigenvalue weighted by Crippen LogP contribution is -2.34. The zero-order valence-corrected chi connectivity index (χ0v) is 18.3. The molecule has 1 atom stereocenters. The normalized spacial score (nSPS) is 14.9. The number of hydrogen-bond acceptors (Lipinski definition) is 6. The van der Waals surface area contributed by atoms with Crippen molar-refractivity contribution in [2.24, 2.45) is 0 Å². The topological polar surface area (TPSA) is 71.3 Å². The number of tetrazole rings is 1. The molecule has 0 radical (unpaired) electrons. The first-order chi connectivity index (χ1) is 15.7. The van der Waals surface area contributed by atoms with Crippen molar-refractivity contribution >= 4 is 23.2 Å². The van der Waals surface area contributed by atoms with Gasteiger partial charge in [0, 0.05) is 11.1 Å². The van der Waals surface area contributed by atoms with Crippen LogP contribution < -0.4 is 14.2 Å². The number of nitrogens with zero attached hydrogens (tertiary/aromatic N) is 4. The molecule has 32 heavy (non-hydrogen) atoms. The predicted molar refractivity (Wildman–Crippen MR) is 121 cm³/mol. The molecule has 162 valence electrons. The monoisotopic (exact) mass is 468 g/mol. The lowest BCUT2D eigenvalue weighted by Gasteiger charge is -2.26. The van der Waals surface area contributed by atoms with Crippen LogP contribution in [-0.4, -0.2) is 39.5 Å². The van der Waals surface area contributed by atoms with Crippen molar-refractivity contribution in [1.29, 1.82) is 0 Å². The van der Waals surface area contributed by atoms with Crippen LogP contribution in [0.4, 0.5) is 0 Å². The molecule has 0 N–H and O–H groups in total. The molecule has 0 aliphatic carbocycles. The second kappa shape index (κ2) is 9.06. The number of aromatic nitrogens is 4. The van der Waals surface area contributed by atoms with Crippen LogP contribution in [0.15, 0.2) is 66.7 Å². The van der Waals surface area contributed by atoms with Gasteiger partial charge in [-0.1, -0.05) is 59.6 Å². The van der Waals surface area contributed by atoms with Gasteiger partial charge in [0.05, 0.1) is 16.6 Å². The Bertz CT molecular complexity index is 1250. The maximum Gasteiger partial charge on any atom is 0.183 e. The number of ether oxygens (including phenoxy) is 3. The van der Waals surface area contributed by atoms with Crippen LogP contribution in [0.2, 0.25) is 10.0 Å². The molecule has 0 amide bonds. The first-order valence-electron chi connectivity index (χ1n) is 9.99. The third-order valence-electron chi connectivity index (χ3n) is 5.01. The summed E-state index contributed by atoms with van der Waals surface area (Å²) in [5.74, 6) is 2.70. The van der Waals surface area contributed by atoms with Crippen LogP contribution in [0.1, 0.15) is 5.56 Å². The van der Waals surface area contributed by atoms with E-state index in [1.165, 1.54) is 0 Å². The van der Waals surface area contributed by atoms with E-state index in [-0.39, 0.29) is 6.10 Å². The second-order valence-corrected chi connectivity index (χ2v) is 7.96. The van der Waals surface area contributed by atoms with Gasteiger partial charge in [0.25, 0.3) is 0 Å². The highest BCUT2D eigenvalue weighted by Crippen LogP contribution is 2.33. The van der Waals surface area contributed by atoms with E-state index in [1.807, 2.05) is 60.7 Å². The minimum absolute atomic E-state index is 0.216. The van der Waals surface area contributed by atoms with Crippen molar-refractivity contribution in [3.05, 3.63) is 82.3 Å². The number of rotatable bonds is 6. The minimum Gasteiger partial charge on any atom is -0.489 e. The summed E-state index contributed by atoms with van der Waals surface area (Å²) in [6, 6.07) is 20.7. The zero-order valence-electron chi connectivity index (χ0n) is 16.8. The fraction of sp³-hybridized carbons (Fsp3) is 0.174. The Labute approximate surface area is 194 Å². The molecular weight excluding hydrogens is 451 g/mol. The van der Waals surface area contributed by atoms with E-state index in [1.54, 1.807) is 10.7 Å². The number of benzene rings is 3. The Balaban J connectivity index is 1.32. The molecule has 7 nitrogen and oxygen atoms in total. The Morgan fingerprint density at radius 3 is 2.69 bits per heavy atom. The van der Waals surface area contributed by atoms with E-state index in [0.29, 0.717) is 46.9 Å². The van der Waals surface area contributed by atoms with E-state index < -0.39 is 0 Å². The summed E-state index contributed by atoms with van der Waals surface area (Å²) in [4.78, 5) is 0. The Kier molecular flexibility index (Phi) is 5.83. The summed E-state index contributed by atoms with van der Waals surface area (Å²) in [7, 11) is 0. The molecule has 1 aliphatic rings. The van der Waals surface area contributed by atoms with Crippen LogP contribution in [0.3, 0.4) is 0 Å². The first kappa shape index (κ1) is 20.6. The van der Waals surface area contributed by atoms with Gasteiger partial charge in [-0.05, 0) is 40.8 Å². The molecule has 9 heteroatoms. The molecule has 0 bridgehead atoms. The summed E-state index contributed by atoms with van der Waals surface area (Å²) in [6.45, 7) is 1.16. The largest absolute Gasteiger partial charge is 0.489 e. The molecular formula is C23H18Cl2N4O3. The van der Waals surface area contributed by atoms with Crippen molar-refractivity contribution in [2.75, 3.05) is 13.2 Å². The van der Waals surface area contributed by atoms with Gasteiger partial charge in [0.1, 0.15) is 19.0 Å². The fourth-order valence-corrected chi connectivity index (χ4v) is 3.83. The predicted octanol–water partition coefficient (Wildman–Crippen LogP) is 4.91. The maximum atomic E-state index is 6.37. The van der Waals surface area contributed by atoms with Gasteiger partial charge in [-0.3, -0.25) is 0 Å². The highest BCUT2D eigenvalue weighted by molar-refractivity contribution is 6.43. The quantitative estimate of drug-likeness (QED) is 0.400. The number of halogens is 2. The van der Waals surface area contributed by atoms with Crippen LogP contribution in [0, 0.1) is 0 Å². The molecule has 1 unspecified atom stereocenters. The van der Waals surface area contributed by atoms with Gasteiger partial charge in [0.15, 0.2) is 23.4 Å². The van der Waals surface area contributed by atoms with Crippen molar-refractivity contribution < 1.29 is 14.2 Å². The Morgan fingerprint density at radius 1 is 0.969 bits per heavy atom. The third-order valence-corrected chi connectivity index (χ3v) is 5.83. The van der Waals surface area contributed by atoms with Crippen LogP contribution in [0.25, 0.3) is 11.4 Å². The molecule has 3 aromatic carbocycles. The lowest BCUT2D eigenvalue weighted by atomic mass is 10.2. The Morgan fingerprint density at radius 2 is 1.78 bits per heavy atom. The molecule has 4 aromatic rings. The average molecular weight is 469 g/mol. The molecule has 2 heterocycles. The Hall–Kier alpha value is -3.29. The van der Waals surface area contributed by atoms with Crippen molar-refractivity contribution in [1.82, 2.24) is 20.2 Å². The standard InChI is InChI=1S/C23H18Cl2N4O3/c24-18-8-5-7-17(22(18)25)23-26-27-28-29(23)12-15-6-1-2-9-19(15)30-13-16-14-31-20-10-3-4-11-21(20)32-16/h1-11,16H,12-14H2. The van der Waals surface area contributed by atoms with Gasteiger partial charge in [-0.2, -0.15) is 0 Å². The third kappa shape index (κ3) is 4.22. The van der Waals surface area contributed by atoms with E-state index in [9.17, 15) is 0 Å². The maximum absolute atomic E-state index is 6.37. The summed E-state index contributed by atoms with van der Waals surface area (Å²) in [6.07, 6.45) is -0.216. The van der Waals surface area contributed by atoms with Gasteiger partial charge in [0.2, 0.25) is 0 Å². The highest BCUT2D eigenvalue weighted by atomic mass is 35.5. The van der Waals surface area contributed by atoms with Crippen molar-refractivity contribution in [3.63, 3.8) is 0 Å². The van der Waals surface area contributed by atoms with Gasteiger partial charge in [-0.15, -0.1) is 5.10 Å². The van der Waals surface area contributed by atoms with Gasteiger partial charge >= 0.3 is 0 Å². The fourth-order valence-electron chi connectivity index (χ4n) is 3.45. The molecule has 0 fully saturated rings. The summed E-state index contributed by atoms with van der Waals surface area (Å²) in [5, 5.41) is 12.9. The first-order valence-corrected chi connectivity index (χ1v) is 10.7. The minimum atomic E-state index is -0.216. The van der Waals surface area contributed by atoms with Crippen LogP contribution >= 0.6 is 23.2 Å². The van der Waals surface area contributed by atoms with Crippen molar-refractivity contribution in [2.45, 2.75) is 12.6 Å². The lowest BCUT2D eigenvalue weighted by molar-refractivity contribution is 0.0532. The molecule has 0 saturated carbocycles. The SMILES string of the molecule is Clc1cccc(-c2nnnn2Cc2ccccc2OCC2COc3ccccc3O2)c1Cl. The van der Waals surface area contributed by atoms with Crippen LogP contribution in [-0.2, 0) is 6.54 Å². The number of fused-ring (bicyclic) bond motifs is 1. The average Bonchev–Trinajstić information content (AvgIpc) is 3.28. The molecule has 5 rings (SSSR count). The van der Waals surface area contributed by atoms with E-state index in [4.69, 9.17) is 37.4 Å². The van der Waals surface area contributed by atoms with E-state index in [2.05, 4.69) is 15.5 Å². The summed E-state index contributed by atoms with van der Waals surface area (Å²) < 4.78 is 19.5. The molecule has 0 spiro atoms. The summed E-state index contributed by atoms with van der Waals surface area (Å²) >= 11 is 12.5. The van der Waals surface area contributed by atoms with E-state index in [0.717, 1.165) is 17.1 Å². The van der Waals surface area contributed by atoms with Gasteiger partial charge in [-0.25, -0.2) is 4.68 Å². The highest BCUT2D eigenvalue weighted by Gasteiger charge is 2.22. The smallest absolute Gasteiger partial charge is 0.183 e. The van der Waals surface area contributed by atoms with Crippen LogP contribution in [0.5, 0.6) is 17.2 Å². The molecule has 0 saturated heterocycles. The van der Waals surface area contributed by atoms with Crippen molar-refractivity contribution in [3.8, 4) is 28.6 Å².